The van der Waals surface area contributed by atoms with Gasteiger partial charge in [0.05, 0.1) is 105 Å². The maximum Gasteiger partial charge on any atom is 0.127 e. The van der Waals surface area contributed by atoms with Gasteiger partial charge in [-0.05, 0) is 101 Å². The summed E-state index contributed by atoms with van der Waals surface area (Å²) in [6.07, 6.45) is 25.5. The minimum Gasteiger partial charge on any atom is -0.491 e. The number of rotatable bonds is 24. The van der Waals surface area contributed by atoms with Gasteiger partial charge in [-0.15, -0.1) is 0 Å². The molecule has 14 nitrogen and oxygen atoms in total. The second-order valence-electron chi connectivity index (χ2n) is 23.4. The Kier molecular flexibility index (Phi) is 37.6. The molecule has 32 heteroatoms. The molecule has 3 heterocycles. The van der Waals surface area contributed by atoms with Gasteiger partial charge in [0.15, 0.2) is 22.1 Å². The molecular formula is C68H96Br4F12N4O10P2. The molecule has 0 saturated carbocycles. The van der Waals surface area contributed by atoms with Crippen LogP contribution in [0.25, 0.3) is 43.6 Å². The van der Waals surface area contributed by atoms with Gasteiger partial charge in [-0.2, -0.15) is 0 Å². The van der Waals surface area contributed by atoms with Crippen molar-refractivity contribution in [2.75, 3.05) is 127 Å². The molecule has 0 atom stereocenters. The summed E-state index contributed by atoms with van der Waals surface area (Å²) in [5.41, 5.74) is 5.65. The molecule has 1 aliphatic heterocycles. The van der Waals surface area contributed by atoms with Crippen molar-refractivity contribution in [3.63, 3.8) is 0 Å². The molecule has 0 saturated heterocycles. The Labute approximate surface area is 611 Å². The zero-order valence-corrected chi connectivity index (χ0v) is 64.5. The van der Waals surface area contributed by atoms with E-state index in [1.807, 2.05) is 72.8 Å². The van der Waals surface area contributed by atoms with E-state index in [4.69, 9.17) is 47.4 Å². The third-order valence-electron chi connectivity index (χ3n) is 15.1. The number of hydrogen-bond donors (Lipinski definition) is 0. The van der Waals surface area contributed by atoms with Crippen molar-refractivity contribution in [1.82, 2.24) is 9.13 Å². The van der Waals surface area contributed by atoms with Gasteiger partial charge >= 0.3 is 66.0 Å². The van der Waals surface area contributed by atoms with Crippen molar-refractivity contribution in [3.8, 4) is 23.0 Å². The molecule has 0 radical (unpaired) electrons. The summed E-state index contributed by atoms with van der Waals surface area (Å²) >= 11 is 14.4. The number of nitrogens with zero attached hydrogens (tertiary/aromatic N) is 4. The first-order chi connectivity index (χ1) is 47.5. The molecule has 0 amide bonds. The molecule has 100 heavy (non-hydrogen) atoms. The van der Waals surface area contributed by atoms with Crippen LogP contribution in [0.15, 0.2) is 97.6 Å². The van der Waals surface area contributed by atoms with Gasteiger partial charge in [0.25, 0.3) is 0 Å². The fraction of sp³-hybridized carbons (Fsp3) is 0.588. The Balaban J connectivity index is 0.000000304. The molecule has 0 spiro atoms. The van der Waals surface area contributed by atoms with Crippen molar-refractivity contribution in [3.05, 3.63) is 97.6 Å². The molecule has 8 rings (SSSR count). The largest absolute Gasteiger partial charge is 0.491 e. The van der Waals surface area contributed by atoms with Gasteiger partial charge in [0.1, 0.15) is 49.4 Å². The van der Waals surface area contributed by atoms with E-state index in [2.05, 4.69) is 107 Å². The molecule has 0 N–H and O–H groups in total. The van der Waals surface area contributed by atoms with Crippen LogP contribution in [0.2, 0.25) is 0 Å². The average Bonchev–Trinajstić information content (AvgIpc) is 1.61. The Hall–Kier alpha value is -3.54. The summed E-state index contributed by atoms with van der Waals surface area (Å²) in [6, 6.07) is 28.8. The van der Waals surface area contributed by atoms with Gasteiger partial charge in [-0.1, -0.05) is 138 Å². The van der Waals surface area contributed by atoms with Crippen LogP contribution in [0.4, 0.5) is 50.4 Å². The Bertz CT molecular complexity index is 3030. The number of imidazole rings is 2. The number of aryl methyl sites for hydroxylation is 4. The van der Waals surface area contributed by atoms with E-state index in [-0.39, 0.29) is 0 Å². The average molecular weight is 1740 g/mol. The Morgan fingerprint density at radius 3 is 0.780 bits per heavy atom. The van der Waals surface area contributed by atoms with E-state index in [0.29, 0.717) is 106 Å². The summed E-state index contributed by atoms with van der Waals surface area (Å²) in [7, 11) is -21.3. The van der Waals surface area contributed by atoms with Gasteiger partial charge in [0.2, 0.25) is 12.7 Å². The van der Waals surface area contributed by atoms with Crippen LogP contribution in [0.1, 0.15) is 103 Å². The van der Waals surface area contributed by atoms with E-state index in [9.17, 15) is 50.4 Å². The quantitative estimate of drug-likeness (QED) is 0.0191. The van der Waals surface area contributed by atoms with E-state index < -0.39 is 15.6 Å². The molecular weight excluding hydrogens is 1640 g/mol. The summed E-state index contributed by atoms with van der Waals surface area (Å²) in [4.78, 5) is 0. The van der Waals surface area contributed by atoms with Crippen molar-refractivity contribution in [2.45, 2.75) is 129 Å². The van der Waals surface area contributed by atoms with Crippen molar-refractivity contribution in [2.24, 2.45) is 0 Å². The number of alkyl halides is 4. The predicted octanol–water partition coefficient (Wildman–Crippen LogP) is 22.1. The summed E-state index contributed by atoms with van der Waals surface area (Å²) in [6.45, 7) is 11.9. The number of halogens is 16. The zero-order valence-electron chi connectivity index (χ0n) is 56.3. The molecule has 0 fully saturated rings. The maximum absolute atomic E-state index is 10.7. The number of aromatic nitrogens is 4. The fourth-order valence-corrected chi connectivity index (χ4v) is 12.2. The van der Waals surface area contributed by atoms with Crippen LogP contribution in [-0.4, -0.2) is 136 Å². The van der Waals surface area contributed by atoms with Crippen LogP contribution in [-0.2, 0) is 54.6 Å². The third-order valence-corrected chi connectivity index (χ3v) is 17.4. The Morgan fingerprint density at radius 1 is 0.300 bits per heavy atom. The number of fused-ring (bicyclic) bond motifs is 2. The first-order valence-electron chi connectivity index (χ1n) is 33.9. The second kappa shape index (κ2) is 43.2. The summed E-state index contributed by atoms with van der Waals surface area (Å²) in [5.74, 6) is 3.15. The minimum absolute atomic E-state index is 0.431. The minimum atomic E-state index is -10.7. The standard InChI is InChI=1S/C36H44O10.C32H52Br4N4.2F6P/c1-5-29-30-6-2-10-34(29)44-26-22-40-18-14-38-16-20-42-24-28-46-36-12-4-7-31-32(36)8-3-11-35(31)45-27-23-41-19-15-37-13-17-39-21-25-43-33(30)9-1;33-17-9-1-5-13-21-37-27-38(22-14-6-2-10-18-34)30-26-32-31(25-29(30)37)39(23-15-7-3-11-19-35)28-40(32)24-16-8-4-12-20-36;2*1-7(2,3,4,5)6/h1-12H,13-28H2;25-28H,1-24H2;;/q;+2;2*-1. The van der Waals surface area contributed by atoms with Gasteiger partial charge < -0.3 is 47.4 Å². The second-order valence-corrected chi connectivity index (χ2v) is 30.5. The Morgan fingerprint density at radius 2 is 0.530 bits per heavy atom. The number of unbranched alkanes of at least 4 members (excludes halogenated alkanes) is 12. The summed E-state index contributed by atoms with van der Waals surface area (Å²) in [5, 5.41) is 8.43. The first-order valence-corrected chi connectivity index (χ1v) is 42.4. The van der Waals surface area contributed by atoms with Crippen molar-refractivity contribution >= 4 is 123 Å². The third kappa shape index (κ3) is 39.5. The number of benzene rings is 5. The first kappa shape index (κ1) is 87.1. The van der Waals surface area contributed by atoms with Crippen LogP contribution in [0.3, 0.4) is 0 Å². The van der Waals surface area contributed by atoms with Crippen molar-refractivity contribution < 1.29 is 107 Å². The molecule has 570 valence electrons. The molecule has 2 aromatic heterocycles. The molecule has 5 aromatic carbocycles. The van der Waals surface area contributed by atoms with Crippen LogP contribution in [0, 0.1) is 0 Å². The molecule has 1 aliphatic rings. The maximum atomic E-state index is 9.87. The zero-order chi connectivity index (χ0) is 72.7. The molecule has 7 aromatic rings. The normalized spacial score (nSPS) is 16.3. The van der Waals surface area contributed by atoms with Crippen LogP contribution < -0.4 is 28.1 Å². The van der Waals surface area contributed by atoms with E-state index in [1.165, 1.54) is 125 Å². The van der Waals surface area contributed by atoms with E-state index >= 15 is 0 Å². The smallest absolute Gasteiger partial charge is 0.127 e. The van der Waals surface area contributed by atoms with E-state index in [1.54, 1.807) is 0 Å². The van der Waals surface area contributed by atoms with Crippen LogP contribution in [0.5, 0.6) is 23.0 Å². The number of ether oxygens (including phenoxy) is 10. The fourth-order valence-electron chi connectivity index (χ4n) is 10.6. The summed E-state index contributed by atoms with van der Waals surface area (Å²) < 4.78 is 187. The molecule has 0 unspecified atom stereocenters. The van der Waals surface area contributed by atoms with Gasteiger partial charge in [-0.25, -0.2) is 18.3 Å². The van der Waals surface area contributed by atoms with E-state index in [0.717, 1.165) is 92.0 Å². The molecule has 8 bridgehead atoms. The van der Waals surface area contributed by atoms with Gasteiger partial charge in [0, 0.05) is 55.0 Å². The molecule has 0 aliphatic carbocycles. The number of hydrogen-bond acceptors (Lipinski definition) is 10. The topological polar surface area (TPSA) is 110 Å². The van der Waals surface area contributed by atoms with Crippen molar-refractivity contribution in [1.29, 1.82) is 0 Å². The predicted molar refractivity (Wildman–Crippen MR) is 389 cm³/mol. The monoisotopic (exact) mass is 1730 g/mol. The SMILES string of the molecule is BrCCCCCCn1c[n+](CCCCCCBr)c2cc3c(cc21)n(CCCCCCBr)c[n+]3CCCCCCBr.F[P-](F)(F)(F)(F)F.F[P-](F)(F)(F)(F)F.c1cc2c3cccc(c3c1)OCCOCCOCCOCCOc1cccc3c(cccc13)OCCOCCOCCOCCO2. The van der Waals surface area contributed by atoms with Gasteiger partial charge in [-0.3, -0.25) is 0 Å². The van der Waals surface area contributed by atoms with Crippen LogP contribution >= 0.6 is 79.3 Å².